The van der Waals surface area contributed by atoms with Gasteiger partial charge < -0.3 is 9.84 Å². The van der Waals surface area contributed by atoms with E-state index >= 15 is 0 Å². The van der Waals surface area contributed by atoms with E-state index in [1.54, 1.807) is 28.9 Å². The topological polar surface area (TPSA) is 76.7 Å². The fraction of sp³-hybridized carbons (Fsp3) is 0.136. The van der Waals surface area contributed by atoms with Crippen molar-refractivity contribution >= 4 is 34.8 Å². The molecule has 6 nitrogen and oxygen atoms in total. The zero-order chi connectivity index (χ0) is 21.3. The predicted octanol–water partition coefficient (Wildman–Crippen LogP) is 5.60. The molecular formula is C22H17Cl2N3O3. The normalized spacial score (nSPS) is 11.2. The van der Waals surface area contributed by atoms with Crippen molar-refractivity contribution in [1.82, 2.24) is 14.6 Å². The van der Waals surface area contributed by atoms with Crippen molar-refractivity contribution in [3.05, 3.63) is 76.0 Å². The van der Waals surface area contributed by atoms with E-state index in [1.165, 1.54) is 0 Å². The largest absolute Gasteiger partial charge is 0.477 e. The number of benzene rings is 2. The Bertz CT molecular complexity index is 1240. The SMILES string of the molecule is CCOCc1nn2c(-c3ccc(Cl)cc3)c(-c3ccccc3Cl)cnc2c1C(=O)O. The van der Waals surface area contributed by atoms with Gasteiger partial charge in [-0.3, -0.25) is 0 Å². The first-order valence-corrected chi connectivity index (χ1v) is 9.99. The van der Waals surface area contributed by atoms with Crippen molar-refractivity contribution in [1.29, 1.82) is 0 Å². The molecule has 2 aromatic carbocycles. The summed E-state index contributed by atoms with van der Waals surface area (Å²) in [5, 5.41) is 15.5. The van der Waals surface area contributed by atoms with Gasteiger partial charge in [-0.25, -0.2) is 14.3 Å². The standard InChI is InChI=1S/C22H17Cl2N3O3/c1-2-30-12-18-19(22(28)29)21-25-11-16(15-5-3-4-6-17(15)24)20(27(21)26-18)13-7-9-14(23)10-8-13/h3-11H,2,12H2,1H3,(H,28,29). The van der Waals surface area contributed by atoms with Gasteiger partial charge in [0.15, 0.2) is 5.65 Å². The number of carboxylic acids is 1. The third-order valence-electron chi connectivity index (χ3n) is 4.65. The quantitative estimate of drug-likeness (QED) is 0.420. The van der Waals surface area contributed by atoms with Crippen LogP contribution < -0.4 is 0 Å². The molecule has 2 aromatic heterocycles. The van der Waals surface area contributed by atoms with E-state index in [4.69, 9.17) is 27.9 Å². The number of aromatic carboxylic acids is 1. The summed E-state index contributed by atoms with van der Waals surface area (Å²) in [6.45, 7) is 2.35. The van der Waals surface area contributed by atoms with Crippen molar-refractivity contribution < 1.29 is 14.6 Å². The lowest BCUT2D eigenvalue weighted by Gasteiger charge is -2.13. The molecule has 30 heavy (non-hydrogen) atoms. The van der Waals surface area contributed by atoms with Gasteiger partial charge in [0, 0.05) is 39.5 Å². The lowest BCUT2D eigenvalue weighted by atomic mass is 10.0. The maximum Gasteiger partial charge on any atom is 0.341 e. The first-order chi connectivity index (χ1) is 14.5. The number of fused-ring (bicyclic) bond motifs is 1. The molecule has 2 heterocycles. The molecule has 0 aliphatic carbocycles. The highest BCUT2D eigenvalue weighted by Gasteiger charge is 2.24. The average Bonchev–Trinajstić information content (AvgIpc) is 3.11. The first kappa shape index (κ1) is 20.3. The predicted molar refractivity (Wildman–Crippen MR) is 116 cm³/mol. The Morgan fingerprint density at radius 2 is 1.83 bits per heavy atom. The smallest absolute Gasteiger partial charge is 0.341 e. The Labute approximate surface area is 182 Å². The molecule has 1 N–H and O–H groups in total. The van der Waals surface area contributed by atoms with Crippen LogP contribution in [-0.2, 0) is 11.3 Å². The number of nitrogens with zero attached hydrogens (tertiary/aromatic N) is 3. The van der Waals surface area contributed by atoms with Crippen LogP contribution in [0.1, 0.15) is 23.0 Å². The highest BCUT2D eigenvalue weighted by atomic mass is 35.5. The molecular weight excluding hydrogens is 425 g/mol. The summed E-state index contributed by atoms with van der Waals surface area (Å²) in [5.41, 5.74) is 3.50. The van der Waals surface area contributed by atoms with Gasteiger partial charge >= 0.3 is 5.97 Å². The van der Waals surface area contributed by atoms with Gasteiger partial charge in [0.2, 0.25) is 0 Å². The number of aromatic nitrogens is 3. The van der Waals surface area contributed by atoms with Crippen LogP contribution in [-0.4, -0.2) is 32.3 Å². The van der Waals surface area contributed by atoms with Gasteiger partial charge in [-0.15, -0.1) is 0 Å². The molecule has 0 aliphatic rings. The minimum Gasteiger partial charge on any atom is -0.477 e. The number of hydrogen-bond donors (Lipinski definition) is 1. The number of hydrogen-bond acceptors (Lipinski definition) is 4. The third-order valence-corrected chi connectivity index (χ3v) is 5.24. The molecule has 0 bridgehead atoms. The molecule has 0 saturated carbocycles. The van der Waals surface area contributed by atoms with E-state index in [1.807, 2.05) is 37.3 Å². The lowest BCUT2D eigenvalue weighted by molar-refractivity contribution is 0.0690. The summed E-state index contributed by atoms with van der Waals surface area (Å²) >= 11 is 12.5. The molecule has 0 unspecified atom stereocenters. The van der Waals surface area contributed by atoms with E-state index in [0.29, 0.717) is 28.0 Å². The summed E-state index contributed by atoms with van der Waals surface area (Å²) < 4.78 is 6.97. The number of ether oxygens (including phenoxy) is 1. The van der Waals surface area contributed by atoms with Crippen LogP contribution in [0.3, 0.4) is 0 Å². The summed E-state index contributed by atoms with van der Waals surface area (Å²) in [7, 11) is 0. The Balaban J connectivity index is 2.08. The molecule has 4 aromatic rings. The van der Waals surface area contributed by atoms with E-state index in [-0.39, 0.29) is 17.8 Å². The second-order valence-electron chi connectivity index (χ2n) is 6.51. The number of halogens is 2. The second kappa shape index (κ2) is 8.44. The zero-order valence-corrected chi connectivity index (χ0v) is 17.5. The number of carboxylic acid groups (broad SMARTS) is 1. The van der Waals surface area contributed by atoms with Gasteiger partial charge in [0.05, 0.1) is 12.3 Å². The molecule has 0 spiro atoms. The molecule has 0 aliphatic heterocycles. The minimum absolute atomic E-state index is 0.0179. The minimum atomic E-state index is -1.11. The van der Waals surface area contributed by atoms with Crippen molar-refractivity contribution in [3.8, 4) is 22.4 Å². The number of rotatable bonds is 6. The molecule has 0 amide bonds. The van der Waals surface area contributed by atoms with E-state index < -0.39 is 5.97 Å². The molecule has 0 radical (unpaired) electrons. The van der Waals surface area contributed by atoms with Gasteiger partial charge in [0.25, 0.3) is 0 Å². The van der Waals surface area contributed by atoms with Crippen LogP contribution in [0.2, 0.25) is 10.0 Å². The van der Waals surface area contributed by atoms with Crippen molar-refractivity contribution in [2.24, 2.45) is 0 Å². The molecule has 4 rings (SSSR count). The van der Waals surface area contributed by atoms with Crippen LogP contribution in [0, 0.1) is 0 Å². The Morgan fingerprint density at radius 1 is 1.10 bits per heavy atom. The second-order valence-corrected chi connectivity index (χ2v) is 7.35. The first-order valence-electron chi connectivity index (χ1n) is 9.23. The van der Waals surface area contributed by atoms with Crippen molar-refractivity contribution in [2.75, 3.05) is 6.61 Å². The maximum absolute atomic E-state index is 12.0. The highest BCUT2D eigenvalue weighted by Crippen LogP contribution is 2.37. The van der Waals surface area contributed by atoms with Crippen LogP contribution in [0.4, 0.5) is 0 Å². The van der Waals surface area contributed by atoms with Gasteiger partial charge in [0.1, 0.15) is 11.3 Å². The monoisotopic (exact) mass is 441 g/mol. The fourth-order valence-corrected chi connectivity index (χ4v) is 3.67. The summed E-state index contributed by atoms with van der Waals surface area (Å²) in [6, 6.07) is 14.6. The van der Waals surface area contributed by atoms with Crippen LogP contribution >= 0.6 is 23.2 Å². The summed E-state index contributed by atoms with van der Waals surface area (Å²) in [6.07, 6.45) is 1.62. The van der Waals surface area contributed by atoms with E-state index in [2.05, 4.69) is 10.1 Å². The van der Waals surface area contributed by atoms with E-state index in [0.717, 1.165) is 16.7 Å². The Hall–Kier alpha value is -2.93. The lowest BCUT2D eigenvalue weighted by Crippen LogP contribution is -2.03. The van der Waals surface area contributed by atoms with Crippen LogP contribution in [0.15, 0.2) is 54.7 Å². The van der Waals surface area contributed by atoms with Gasteiger partial charge in [-0.1, -0.05) is 53.5 Å². The fourth-order valence-electron chi connectivity index (χ4n) is 3.31. The summed E-state index contributed by atoms with van der Waals surface area (Å²) in [5.74, 6) is -1.11. The molecule has 152 valence electrons. The van der Waals surface area contributed by atoms with Gasteiger partial charge in [-0.05, 0) is 25.1 Å². The maximum atomic E-state index is 12.0. The molecule has 8 heteroatoms. The van der Waals surface area contributed by atoms with Crippen molar-refractivity contribution in [3.63, 3.8) is 0 Å². The van der Waals surface area contributed by atoms with Crippen LogP contribution in [0.25, 0.3) is 28.0 Å². The van der Waals surface area contributed by atoms with E-state index in [9.17, 15) is 9.90 Å². The number of carbonyl (C=O) groups is 1. The highest BCUT2D eigenvalue weighted by molar-refractivity contribution is 6.33. The molecule has 0 atom stereocenters. The van der Waals surface area contributed by atoms with Gasteiger partial charge in [-0.2, -0.15) is 5.10 Å². The Morgan fingerprint density at radius 3 is 2.50 bits per heavy atom. The Kier molecular flexibility index (Phi) is 5.72. The van der Waals surface area contributed by atoms with Crippen LogP contribution in [0.5, 0.6) is 0 Å². The third kappa shape index (κ3) is 3.65. The zero-order valence-electron chi connectivity index (χ0n) is 16.0. The average molecular weight is 442 g/mol. The van der Waals surface area contributed by atoms with Crippen molar-refractivity contribution in [2.45, 2.75) is 13.5 Å². The summed E-state index contributed by atoms with van der Waals surface area (Å²) in [4.78, 5) is 16.4. The molecule has 0 fully saturated rings. The molecule has 0 saturated heterocycles.